The van der Waals surface area contributed by atoms with E-state index in [0.29, 0.717) is 39.4 Å². The Labute approximate surface area is 208 Å². The Bertz CT molecular complexity index is 1560. The molecule has 2 aromatic heterocycles. The van der Waals surface area contributed by atoms with Crippen LogP contribution in [0, 0.1) is 13.8 Å². The maximum absolute atomic E-state index is 12.9. The van der Waals surface area contributed by atoms with Crippen LogP contribution < -0.4 is 5.32 Å². The first-order valence-corrected chi connectivity index (χ1v) is 11.9. The molecular weight excluding hydrogens is 460 g/mol. The Morgan fingerprint density at radius 2 is 1.69 bits per heavy atom. The topological polar surface area (TPSA) is 68.3 Å². The summed E-state index contributed by atoms with van der Waals surface area (Å²) in [7, 11) is 0. The summed E-state index contributed by atoms with van der Waals surface area (Å²) in [6, 6.07) is 20.8. The van der Waals surface area contributed by atoms with E-state index in [1.54, 1.807) is 24.3 Å². The lowest BCUT2D eigenvalue weighted by molar-refractivity contribution is 0.0997. The molecule has 5 aromatic rings. The third-order valence-corrected chi connectivity index (χ3v) is 6.49. The van der Waals surface area contributed by atoms with Crippen molar-refractivity contribution in [2.24, 2.45) is 0 Å². The molecule has 0 saturated carbocycles. The van der Waals surface area contributed by atoms with E-state index >= 15 is 0 Å². The zero-order chi connectivity index (χ0) is 24.7. The lowest BCUT2D eigenvalue weighted by atomic mass is 10.0. The molecule has 6 heteroatoms. The van der Waals surface area contributed by atoms with Gasteiger partial charge in [0.25, 0.3) is 5.91 Å². The van der Waals surface area contributed by atoms with E-state index in [2.05, 4.69) is 31.1 Å². The maximum atomic E-state index is 12.9. The third kappa shape index (κ3) is 4.60. The van der Waals surface area contributed by atoms with Crippen LogP contribution in [0.5, 0.6) is 0 Å². The SMILES string of the molecule is Cc1ccc(-c2ccc(C(=O)Nc3cc(-c4nc5cc(C(C)C)ccc5o4)ccc3Cl)o2)cc1C. The van der Waals surface area contributed by atoms with Gasteiger partial charge in [0.1, 0.15) is 11.3 Å². The number of nitrogens with one attached hydrogen (secondary N) is 1. The Hall–Kier alpha value is -3.83. The van der Waals surface area contributed by atoms with Gasteiger partial charge in [0.2, 0.25) is 5.89 Å². The molecule has 2 heterocycles. The fraction of sp³-hybridized carbons (Fsp3) is 0.172. The van der Waals surface area contributed by atoms with E-state index in [-0.39, 0.29) is 5.76 Å². The lowest BCUT2D eigenvalue weighted by Gasteiger charge is -2.07. The van der Waals surface area contributed by atoms with E-state index in [1.807, 2.05) is 49.4 Å². The first-order chi connectivity index (χ1) is 16.8. The van der Waals surface area contributed by atoms with Crippen molar-refractivity contribution in [3.05, 3.63) is 94.2 Å². The van der Waals surface area contributed by atoms with Gasteiger partial charge in [-0.15, -0.1) is 0 Å². The summed E-state index contributed by atoms with van der Waals surface area (Å²) in [5, 5.41) is 3.25. The number of halogens is 1. The van der Waals surface area contributed by atoms with Crippen molar-refractivity contribution in [2.75, 3.05) is 5.32 Å². The maximum Gasteiger partial charge on any atom is 0.291 e. The number of nitrogens with zero attached hydrogens (tertiary/aromatic N) is 1. The lowest BCUT2D eigenvalue weighted by Crippen LogP contribution is -2.11. The first-order valence-electron chi connectivity index (χ1n) is 11.5. The summed E-state index contributed by atoms with van der Waals surface area (Å²) in [6.45, 7) is 8.38. The van der Waals surface area contributed by atoms with Crippen LogP contribution in [-0.2, 0) is 0 Å². The number of carbonyl (C=O) groups excluding carboxylic acids is 1. The average Bonchev–Trinajstić information content (AvgIpc) is 3.49. The molecule has 0 bridgehead atoms. The summed E-state index contributed by atoms with van der Waals surface area (Å²) in [6.07, 6.45) is 0. The molecule has 5 rings (SSSR count). The second kappa shape index (κ2) is 9.08. The fourth-order valence-electron chi connectivity index (χ4n) is 3.87. The van der Waals surface area contributed by atoms with Crippen LogP contribution in [-0.4, -0.2) is 10.9 Å². The third-order valence-electron chi connectivity index (χ3n) is 6.16. The highest BCUT2D eigenvalue weighted by Crippen LogP contribution is 2.32. The van der Waals surface area contributed by atoms with Gasteiger partial charge in [-0.05, 0) is 85.0 Å². The van der Waals surface area contributed by atoms with E-state index in [9.17, 15) is 4.79 Å². The van der Waals surface area contributed by atoms with Crippen LogP contribution in [0.25, 0.3) is 33.9 Å². The second-order valence-electron chi connectivity index (χ2n) is 9.01. The highest BCUT2D eigenvalue weighted by Gasteiger charge is 2.17. The average molecular weight is 485 g/mol. The monoisotopic (exact) mass is 484 g/mol. The molecule has 0 spiro atoms. The molecule has 0 atom stereocenters. The molecule has 0 aliphatic carbocycles. The van der Waals surface area contributed by atoms with Gasteiger partial charge in [0.15, 0.2) is 11.3 Å². The van der Waals surface area contributed by atoms with Crippen molar-refractivity contribution in [1.82, 2.24) is 4.98 Å². The number of fused-ring (bicyclic) bond motifs is 1. The molecule has 0 aliphatic heterocycles. The largest absolute Gasteiger partial charge is 0.451 e. The standard InChI is InChI=1S/C29H25ClN2O3/c1-16(2)19-8-10-26-24(14-19)32-29(35-26)21-7-9-22(30)23(15-21)31-28(33)27-12-11-25(34-27)20-6-5-17(3)18(4)13-20/h5-16H,1-4H3,(H,31,33). The number of hydrogen-bond donors (Lipinski definition) is 1. The van der Waals surface area contributed by atoms with E-state index in [4.69, 9.17) is 20.4 Å². The van der Waals surface area contributed by atoms with Crippen molar-refractivity contribution in [3.63, 3.8) is 0 Å². The minimum absolute atomic E-state index is 0.197. The van der Waals surface area contributed by atoms with Crippen molar-refractivity contribution in [2.45, 2.75) is 33.6 Å². The summed E-state index contributed by atoms with van der Waals surface area (Å²) in [5.41, 5.74) is 7.13. The molecule has 0 aliphatic rings. The van der Waals surface area contributed by atoms with Gasteiger partial charge in [0.05, 0.1) is 10.7 Å². The van der Waals surface area contributed by atoms with Crippen LogP contribution in [0.3, 0.4) is 0 Å². The number of aryl methyl sites for hydroxylation is 2. The first kappa shape index (κ1) is 22.9. The van der Waals surface area contributed by atoms with Gasteiger partial charge in [-0.3, -0.25) is 4.79 Å². The fourth-order valence-corrected chi connectivity index (χ4v) is 4.04. The Morgan fingerprint density at radius 1 is 0.886 bits per heavy atom. The van der Waals surface area contributed by atoms with Gasteiger partial charge in [-0.1, -0.05) is 43.6 Å². The normalized spacial score (nSPS) is 11.4. The highest BCUT2D eigenvalue weighted by molar-refractivity contribution is 6.34. The summed E-state index contributed by atoms with van der Waals surface area (Å²) in [5.74, 6) is 1.29. The molecule has 1 amide bonds. The van der Waals surface area contributed by atoms with Crippen LogP contribution in [0.1, 0.15) is 47.0 Å². The Balaban J connectivity index is 1.40. The van der Waals surface area contributed by atoms with Gasteiger partial charge in [0, 0.05) is 11.1 Å². The van der Waals surface area contributed by atoms with Crippen molar-refractivity contribution >= 4 is 34.3 Å². The highest BCUT2D eigenvalue weighted by atomic mass is 35.5. The summed E-state index contributed by atoms with van der Waals surface area (Å²) >= 11 is 6.39. The zero-order valence-corrected chi connectivity index (χ0v) is 20.7. The number of anilines is 1. The number of oxazole rings is 1. The van der Waals surface area contributed by atoms with E-state index < -0.39 is 5.91 Å². The molecule has 5 nitrogen and oxygen atoms in total. The van der Waals surface area contributed by atoms with E-state index in [0.717, 1.165) is 16.6 Å². The number of benzene rings is 3. The number of carbonyl (C=O) groups is 1. The van der Waals surface area contributed by atoms with Crippen molar-refractivity contribution in [1.29, 1.82) is 0 Å². The molecule has 35 heavy (non-hydrogen) atoms. The minimum Gasteiger partial charge on any atom is -0.451 e. The summed E-state index contributed by atoms with van der Waals surface area (Å²) in [4.78, 5) is 17.6. The molecule has 176 valence electrons. The zero-order valence-electron chi connectivity index (χ0n) is 20.0. The quantitative estimate of drug-likeness (QED) is 0.272. The molecule has 0 radical (unpaired) electrons. The number of hydrogen-bond acceptors (Lipinski definition) is 4. The van der Waals surface area contributed by atoms with Crippen molar-refractivity contribution in [3.8, 4) is 22.8 Å². The van der Waals surface area contributed by atoms with Crippen molar-refractivity contribution < 1.29 is 13.6 Å². The Morgan fingerprint density at radius 3 is 2.46 bits per heavy atom. The molecule has 0 fully saturated rings. The molecule has 0 unspecified atom stereocenters. The smallest absolute Gasteiger partial charge is 0.291 e. The van der Waals surface area contributed by atoms with Gasteiger partial charge in [-0.25, -0.2) is 4.98 Å². The number of amides is 1. The number of rotatable bonds is 5. The number of aromatic nitrogens is 1. The predicted molar refractivity (Wildman–Crippen MR) is 140 cm³/mol. The molecule has 0 saturated heterocycles. The van der Waals surface area contributed by atoms with Gasteiger partial charge < -0.3 is 14.2 Å². The van der Waals surface area contributed by atoms with Crippen LogP contribution in [0.2, 0.25) is 5.02 Å². The second-order valence-corrected chi connectivity index (χ2v) is 9.42. The number of furan rings is 1. The van der Waals surface area contributed by atoms with Gasteiger partial charge >= 0.3 is 0 Å². The van der Waals surface area contributed by atoms with E-state index in [1.165, 1.54) is 11.1 Å². The predicted octanol–water partition coefficient (Wildman–Crippen LogP) is 8.40. The molecular formula is C29H25ClN2O3. The minimum atomic E-state index is -0.390. The summed E-state index contributed by atoms with van der Waals surface area (Å²) < 4.78 is 11.8. The van der Waals surface area contributed by atoms with Crippen LogP contribution >= 0.6 is 11.6 Å². The van der Waals surface area contributed by atoms with Crippen LogP contribution in [0.15, 0.2) is 75.6 Å². The molecule has 3 aromatic carbocycles. The van der Waals surface area contributed by atoms with Crippen LogP contribution in [0.4, 0.5) is 5.69 Å². The van der Waals surface area contributed by atoms with Gasteiger partial charge in [-0.2, -0.15) is 0 Å². The Kier molecular flexibility index (Phi) is 5.95. The molecule has 1 N–H and O–H groups in total.